The molecule has 3 N–H and O–H groups in total. The summed E-state index contributed by atoms with van der Waals surface area (Å²) in [5.74, 6) is 0.443. The Morgan fingerprint density at radius 1 is 1.47 bits per heavy atom. The second-order valence-electron chi connectivity index (χ2n) is 5.82. The van der Waals surface area contributed by atoms with Gasteiger partial charge in [-0.2, -0.15) is 0 Å². The maximum atomic E-state index is 12.5. The number of rotatable bonds is 4. The number of urea groups is 1. The SMILES string of the molecule is CNCC(O)CN1C(=O)NC2(CCC(C)CC2)C1=O. The number of aliphatic hydroxyl groups is 1. The molecule has 0 aromatic carbocycles. The first-order valence-electron chi connectivity index (χ1n) is 6.95. The normalized spacial score (nSPS) is 32.8. The van der Waals surface area contributed by atoms with Crippen LogP contribution in [0.4, 0.5) is 4.79 Å². The Morgan fingerprint density at radius 2 is 2.11 bits per heavy atom. The first kappa shape index (κ1) is 14.3. The fourth-order valence-electron chi connectivity index (χ4n) is 2.95. The number of aliphatic hydroxyl groups excluding tert-OH is 1. The smallest absolute Gasteiger partial charge is 0.325 e. The number of hydrogen-bond acceptors (Lipinski definition) is 4. The van der Waals surface area contributed by atoms with Gasteiger partial charge in [0.05, 0.1) is 12.6 Å². The number of likely N-dealkylation sites (N-methyl/N-ethyl adjacent to an activating group) is 1. The lowest BCUT2D eigenvalue weighted by atomic mass is 9.77. The van der Waals surface area contributed by atoms with Gasteiger partial charge in [0.2, 0.25) is 0 Å². The van der Waals surface area contributed by atoms with Crippen molar-refractivity contribution in [2.75, 3.05) is 20.1 Å². The molecule has 6 nitrogen and oxygen atoms in total. The van der Waals surface area contributed by atoms with E-state index in [-0.39, 0.29) is 18.5 Å². The van der Waals surface area contributed by atoms with Crippen molar-refractivity contribution >= 4 is 11.9 Å². The van der Waals surface area contributed by atoms with E-state index >= 15 is 0 Å². The van der Waals surface area contributed by atoms with Gasteiger partial charge in [-0.25, -0.2) is 4.79 Å². The second kappa shape index (κ2) is 5.46. The van der Waals surface area contributed by atoms with Crippen molar-refractivity contribution in [3.05, 3.63) is 0 Å². The zero-order valence-corrected chi connectivity index (χ0v) is 11.6. The van der Waals surface area contributed by atoms with Crippen LogP contribution in [0.1, 0.15) is 32.6 Å². The van der Waals surface area contributed by atoms with Gasteiger partial charge in [0.1, 0.15) is 5.54 Å². The molecule has 1 aliphatic carbocycles. The number of imide groups is 1. The van der Waals surface area contributed by atoms with Crippen LogP contribution < -0.4 is 10.6 Å². The largest absolute Gasteiger partial charge is 0.390 e. The maximum Gasteiger partial charge on any atom is 0.325 e. The Hall–Kier alpha value is -1.14. The molecule has 1 atom stereocenters. The second-order valence-corrected chi connectivity index (χ2v) is 5.82. The van der Waals surface area contributed by atoms with Crippen LogP contribution in [0.3, 0.4) is 0 Å². The van der Waals surface area contributed by atoms with Crippen molar-refractivity contribution in [2.45, 2.75) is 44.2 Å². The van der Waals surface area contributed by atoms with Crippen LogP contribution in [-0.4, -0.2) is 53.7 Å². The highest BCUT2D eigenvalue weighted by molar-refractivity contribution is 6.07. The van der Waals surface area contributed by atoms with Crippen LogP contribution in [-0.2, 0) is 4.79 Å². The van der Waals surface area contributed by atoms with Crippen molar-refractivity contribution in [2.24, 2.45) is 5.92 Å². The highest BCUT2D eigenvalue weighted by Gasteiger charge is 2.52. The van der Waals surface area contributed by atoms with Gasteiger partial charge in [0.15, 0.2) is 0 Å². The molecule has 1 saturated heterocycles. The van der Waals surface area contributed by atoms with E-state index in [1.54, 1.807) is 7.05 Å². The molecule has 1 saturated carbocycles. The van der Waals surface area contributed by atoms with E-state index in [0.717, 1.165) is 17.7 Å². The fraction of sp³-hybridized carbons (Fsp3) is 0.846. The monoisotopic (exact) mass is 269 g/mol. The number of carbonyl (C=O) groups excluding carboxylic acids is 2. The number of β-amino-alcohol motifs (C(OH)–C–C–N with tert-alkyl or cyclic N) is 1. The highest BCUT2D eigenvalue weighted by atomic mass is 16.3. The molecule has 0 radical (unpaired) electrons. The molecule has 1 aliphatic heterocycles. The number of hydrogen-bond donors (Lipinski definition) is 3. The van der Waals surface area contributed by atoms with E-state index in [0.29, 0.717) is 25.3 Å². The zero-order chi connectivity index (χ0) is 14.0. The van der Waals surface area contributed by atoms with Crippen molar-refractivity contribution in [1.82, 2.24) is 15.5 Å². The predicted molar refractivity (Wildman–Crippen MR) is 70.5 cm³/mol. The van der Waals surface area contributed by atoms with Gasteiger partial charge in [-0.05, 0) is 38.6 Å². The van der Waals surface area contributed by atoms with E-state index < -0.39 is 11.6 Å². The number of carbonyl (C=O) groups is 2. The van der Waals surface area contributed by atoms with E-state index in [9.17, 15) is 14.7 Å². The van der Waals surface area contributed by atoms with Crippen molar-refractivity contribution in [1.29, 1.82) is 0 Å². The van der Waals surface area contributed by atoms with E-state index in [1.807, 2.05) is 0 Å². The molecule has 1 heterocycles. The lowest BCUT2D eigenvalue weighted by Gasteiger charge is -2.33. The fourth-order valence-corrected chi connectivity index (χ4v) is 2.95. The molecule has 0 aromatic heterocycles. The van der Waals surface area contributed by atoms with Gasteiger partial charge in [-0.1, -0.05) is 6.92 Å². The van der Waals surface area contributed by atoms with Crippen LogP contribution >= 0.6 is 0 Å². The molecule has 2 rings (SSSR count). The van der Waals surface area contributed by atoms with E-state index in [4.69, 9.17) is 0 Å². The highest BCUT2D eigenvalue weighted by Crippen LogP contribution is 2.36. The maximum absolute atomic E-state index is 12.5. The Morgan fingerprint density at radius 3 is 2.68 bits per heavy atom. The van der Waals surface area contributed by atoms with Gasteiger partial charge >= 0.3 is 6.03 Å². The number of nitrogens with one attached hydrogen (secondary N) is 2. The van der Waals surface area contributed by atoms with Gasteiger partial charge in [0.25, 0.3) is 5.91 Å². The van der Waals surface area contributed by atoms with Gasteiger partial charge in [-0.3, -0.25) is 9.69 Å². The Balaban J connectivity index is 2.04. The summed E-state index contributed by atoms with van der Waals surface area (Å²) in [7, 11) is 1.72. The summed E-state index contributed by atoms with van der Waals surface area (Å²) in [5, 5.41) is 15.4. The van der Waals surface area contributed by atoms with Crippen LogP contribution in [0.5, 0.6) is 0 Å². The van der Waals surface area contributed by atoms with Crippen LogP contribution in [0.2, 0.25) is 0 Å². The minimum absolute atomic E-state index is 0.0583. The lowest BCUT2D eigenvalue weighted by Crippen LogP contribution is -2.49. The van der Waals surface area contributed by atoms with E-state index in [2.05, 4.69) is 17.6 Å². The summed E-state index contributed by atoms with van der Waals surface area (Å²) in [5.41, 5.74) is -0.705. The standard InChI is InChI=1S/C13H23N3O3/c1-9-3-5-13(6-4-9)11(18)16(12(19)15-13)8-10(17)7-14-2/h9-10,14,17H,3-8H2,1-2H3,(H,15,19). The van der Waals surface area contributed by atoms with Gasteiger partial charge < -0.3 is 15.7 Å². The molecule has 0 aromatic rings. The molecular formula is C13H23N3O3. The van der Waals surface area contributed by atoms with Crippen LogP contribution in [0.25, 0.3) is 0 Å². The molecule has 3 amide bonds. The predicted octanol–water partition coefficient (Wildman–Crippen LogP) is 0.0674. The summed E-state index contributed by atoms with van der Waals surface area (Å²) in [6, 6.07) is -0.366. The molecular weight excluding hydrogens is 246 g/mol. The Bertz CT molecular complexity index is 364. The molecule has 2 aliphatic rings. The first-order valence-corrected chi connectivity index (χ1v) is 6.95. The molecule has 0 bridgehead atoms. The summed E-state index contributed by atoms with van der Waals surface area (Å²) in [6.45, 7) is 2.59. The molecule has 1 unspecified atom stereocenters. The summed E-state index contributed by atoms with van der Waals surface area (Å²) in [6.07, 6.45) is 2.60. The zero-order valence-electron chi connectivity index (χ0n) is 11.6. The van der Waals surface area contributed by atoms with Crippen LogP contribution in [0, 0.1) is 5.92 Å². The Labute approximate surface area is 113 Å². The third-order valence-electron chi connectivity index (χ3n) is 4.21. The summed E-state index contributed by atoms with van der Waals surface area (Å²) in [4.78, 5) is 25.6. The number of amides is 3. The van der Waals surface area contributed by atoms with Crippen molar-refractivity contribution in [3.63, 3.8) is 0 Å². The molecule has 1 spiro atoms. The minimum Gasteiger partial charge on any atom is -0.390 e. The van der Waals surface area contributed by atoms with Crippen LogP contribution in [0.15, 0.2) is 0 Å². The number of nitrogens with zero attached hydrogens (tertiary/aromatic N) is 1. The Kier molecular flexibility index (Phi) is 4.10. The van der Waals surface area contributed by atoms with Crippen molar-refractivity contribution < 1.29 is 14.7 Å². The lowest BCUT2D eigenvalue weighted by molar-refractivity contribution is -0.133. The molecule has 6 heteroatoms. The molecule has 19 heavy (non-hydrogen) atoms. The third kappa shape index (κ3) is 2.74. The van der Waals surface area contributed by atoms with E-state index in [1.165, 1.54) is 0 Å². The van der Waals surface area contributed by atoms with Crippen molar-refractivity contribution in [3.8, 4) is 0 Å². The van der Waals surface area contributed by atoms with Gasteiger partial charge in [0, 0.05) is 6.54 Å². The topological polar surface area (TPSA) is 81.7 Å². The molecule has 2 fully saturated rings. The first-order chi connectivity index (χ1) is 8.98. The van der Waals surface area contributed by atoms with Gasteiger partial charge in [-0.15, -0.1) is 0 Å². The average Bonchev–Trinajstić information content (AvgIpc) is 2.59. The minimum atomic E-state index is -0.725. The third-order valence-corrected chi connectivity index (χ3v) is 4.21. The quantitative estimate of drug-likeness (QED) is 0.631. The average molecular weight is 269 g/mol. The molecule has 108 valence electrons. The summed E-state index contributed by atoms with van der Waals surface area (Å²) >= 11 is 0. The summed E-state index contributed by atoms with van der Waals surface area (Å²) < 4.78 is 0.